The smallest absolute Gasteiger partial charge is 0.349 e. The summed E-state index contributed by atoms with van der Waals surface area (Å²) < 4.78 is 0.267. The van der Waals surface area contributed by atoms with E-state index in [1.54, 1.807) is 13.8 Å². The number of H-pyrrole nitrogens is 1. The minimum atomic E-state index is -1.04. The highest BCUT2D eigenvalue weighted by Crippen LogP contribution is 2.08. The molecule has 0 saturated carbocycles. The Kier molecular flexibility index (Phi) is 1.82. The molecular formula is C8H8N4O3. The second-order valence-electron chi connectivity index (χ2n) is 3.12. The van der Waals surface area contributed by atoms with Crippen LogP contribution >= 0.6 is 0 Å². The number of nitrogens with zero attached hydrogens (tertiary/aromatic N) is 3. The molecule has 0 amide bonds. The predicted molar refractivity (Wildman–Crippen MR) is 51.1 cm³/mol. The van der Waals surface area contributed by atoms with Gasteiger partial charge < -0.3 is 10.2 Å². The fourth-order valence-corrected chi connectivity index (χ4v) is 1.41. The van der Waals surface area contributed by atoms with Gasteiger partial charge in [0.15, 0.2) is 5.65 Å². The van der Waals surface area contributed by atoms with Gasteiger partial charge in [0, 0.05) is 0 Å². The molecule has 7 heteroatoms. The van der Waals surface area contributed by atoms with Gasteiger partial charge in [-0.15, -0.1) is 4.73 Å². The molecular weight excluding hydrogens is 200 g/mol. The van der Waals surface area contributed by atoms with E-state index in [9.17, 15) is 14.8 Å². The van der Waals surface area contributed by atoms with Crippen LogP contribution in [0, 0.1) is 13.8 Å². The van der Waals surface area contributed by atoms with Gasteiger partial charge in [-0.25, -0.2) is 9.97 Å². The highest BCUT2D eigenvalue weighted by atomic mass is 16.5. The molecule has 0 radical (unpaired) electrons. The first kappa shape index (κ1) is 9.38. The Morgan fingerprint density at radius 2 is 1.93 bits per heavy atom. The number of hydrogen-bond donors (Lipinski definition) is 2. The molecule has 0 fully saturated rings. The lowest BCUT2D eigenvalue weighted by molar-refractivity contribution is 0.186. The van der Waals surface area contributed by atoms with Gasteiger partial charge in [-0.3, -0.25) is 9.59 Å². The van der Waals surface area contributed by atoms with Crippen molar-refractivity contribution in [1.29, 1.82) is 0 Å². The molecule has 0 spiro atoms. The fraction of sp³-hybridized carbons (Fsp3) is 0.250. The summed E-state index contributed by atoms with van der Waals surface area (Å²) in [4.78, 5) is 32.4. The largest absolute Gasteiger partial charge is 0.424 e. The number of nitrogens with one attached hydrogen (secondary N) is 1. The Balaban J connectivity index is 3.13. The highest BCUT2D eigenvalue weighted by Gasteiger charge is 2.11. The zero-order chi connectivity index (χ0) is 11.2. The van der Waals surface area contributed by atoms with E-state index in [1.807, 2.05) is 0 Å². The average Bonchev–Trinajstić information content (AvgIpc) is 2.13. The van der Waals surface area contributed by atoms with Crippen LogP contribution in [-0.4, -0.2) is 24.9 Å². The first-order chi connectivity index (χ1) is 7.00. The maximum atomic E-state index is 11.1. The Labute approximate surface area is 83.0 Å². The third-order valence-corrected chi connectivity index (χ3v) is 2.00. The van der Waals surface area contributed by atoms with Gasteiger partial charge in [-0.1, -0.05) is 0 Å². The van der Waals surface area contributed by atoms with Crippen molar-refractivity contribution in [1.82, 2.24) is 19.7 Å². The molecule has 2 aromatic heterocycles. The van der Waals surface area contributed by atoms with Gasteiger partial charge in [-0.2, -0.15) is 0 Å². The van der Waals surface area contributed by atoms with Gasteiger partial charge in [0.2, 0.25) is 0 Å². The summed E-state index contributed by atoms with van der Waals surface area (Å²) >= 11 is 0. The van der Waals surface area contributed by atoms with Crippen LogP contribution in [0.1, 0.15) is 11.5 Å². The van der Waals surface area contributed by atoms with E-state index in [0.717, 1.165) is 0 Å². The maximum Gasteiger partial charge on any atom is 0.349 e. The molecule has 78 valence electrons. The molecule has 2 rings (SSSR count). The van der Waals surface area contributed by atoms with E-state index in [-0.39, 0.29) is 15.9 Å². The molecule has 0 bridgehead atoms. The second-order valence-corrected chi connectivity index (χ2v) is 3.12. The lowest BCUT2D eigenvalue weighted by atomic mass is 10.3. The third kappa shape index (κ3) is 1.28. The van der Waals surface area contributed by atoms with Crippen molar-refractivity contribution < 1.29 is 5.21 Å². The highest BCUT2D eigenvalue weighted by molar-refractivity contribution is 5.71. The Morgan fingerprint density at radius 3 is 2.60 bits per heavy atom. The van der Waals surface area contributed by atoms with Crippen LogP contribution in [-0.2, 0) is 0 Å². The van der Waals surface area contributed by atoms with Crippen molar-refractivity contribution in [2.24, 2.45) is 0 Å². The summed E-state index contributed by atoms with van der Waals surface area (Å²) in [5.74, 6) is 0.453. The van der Waals surface area contributed by atoms with Gasteiger partial charge in [-0.05, 0) is 13.8 Å². The van der Waals surface area contributed by atoms with Crippen LogP contribution in [0.4, 0.5) is 0 Å². The van der Waals surface area contributed by atoms with Crippen LogP contribution in [0.2, 0.25) is 0 Å². The molecule has 0 unspecified atom stereocenters. The van der Waals surface area contributed by atoms with Crippen molar-refractivity contribution in [2.45, 2.75) is 13.8 Å². The van der Waals surface area contributed by atoms with E-state index >= 15 is 0 Å². The quantitative estimate of drug-likeness (QED) is 0.442. The normalized spacial score (nSPS) is 10.8. The van der Waals surface area contributed by atoms with Crippen LogP contribution in [0.25, 0.3) is 11.2 Å². The monoisotopic (exact) mass is 208 g/mol. The Morgan fingerprint density at radius 1 is 1.27 bits per heavy atom. The lowest BCUT2D eigenvalue weighted by Crippen LogP contribution is -2.36. The summed E-state index contributed by atoms with van der Waals surface area (Å²) in [5, 5.41) is 9.41. The first-order valence-electron chi connectivity index (χ1n) is 4.20. The van der Waals surface area contributed by atoms with Crippen molar-refractivity contribution in [2.75, 3.05) is 0 Å². The minimum Gasteiger partial charge on any atom is -0.424 e. The topological polar surface area (TPSA) is 101 Å². The number of aromatic nitrogens is 4. The number of aromatic amines is 1. The van der Waals surface area contributed by atoms with E-state index in [2.05, 4.69) is 15.0 Å². The first-order valence-corrected chi connectivity index (χ1v) is 4.20. The number of rotatable bonds is 0. The predicted octanol–water partition coefficient (Wildman–Crippen LogP) is -0.666. The van der Waals surface area contributed by atoms with Crippen molar-refractivity contribution in [3.63, 3.8) is 0 Å². The maximum absolute atomic E-state index is 11.1. The number of fused-ring (bicyclic) bond motifs is 1. The standard InChI is InChI=1S/C8H8N4O3/c1-3-5-6(10-4(2)9-3)11-7(13)8(14)12(5)15/h15H,1-2H3,(H,9,10,11,13). The van der Waals surface area contributed by atoms with Gasteiger partial charge >= 0.3 is 11.1 Å². The molecule has 2 N–H and O–H groups in total. The molecule has 2 heterocycles. The fourth-order valence-electron chi connectivity index (χ4n) is 1.41. The Hall–Kier alpha value is -2.18. The van der Waals surface area contributed by atoms with E-state index in [4.69, 9.17) is 0 Å². The van der Waals surface area contributed by atoms with E-state index < -0.39 is 11.1 Å². The molecule has 0 aromatic carbocycles. The van der Waals surface area contributed by atoms with Gasteiger partial charge in [0.05, 0.1) is 5.69 Å². The van der Waals surface area contributed by atoms with Crippen molar-refractivity contribution in [3.8, 4) is 0 Å². The summed E-state index contributed by atoms with van der Waals surface area (Å²) in [6, 6.07) is 0. The molecule has 15 heavy (non-hydrogen) atoms. The summed E-state index contributed by atoms with van der Waals surface area (Å²) in [6.07, 6.45) is 0. The molecule has 7 nitrogen and oxygen atoms in total. The molecule has 0 saturated heterocycles. The van der Waals surface area contributed by atoms with Crippen LogP contribution in [0.5, 0.6) is 0 Å². The molecule has 2 aromatic rings. The van der Waals surface area contributed by atoms with Crippen molar-refractivity contribution >= 4 is 11.2 Å². The summed E-state index contributed by atoms with van der Waals surface area (Å²) in [7, 11) is 0. The lowest BCUT2D eigenvalue weighted by Gasteiger charge is -2.04. The molecule has 0 aliphatic rings. The number of hydrogen-bond acceptors (Lipinski definition) is 5. The van der Waals surface area contributed by atoms with Gasteiger partial charge in [0.25, 0.3) is 0 Å². The van der Waals surface area contributed by atoms with Crippen LogP contribution < -0.4 is 11.1 Å². The Bertz CT molecular complexity index is 655. The average molecular weight is 208 g/mol. The zero-order valence-electron chi connectivity index (χ0n) is 8.11. The molecule has 0 aliphatic heterocycles. The molecule has 0 atom stereocenters. The van der Waals surface area contributed by atoms with Crippen LogP contribution in [0.3, 0.4) is 0 Å². The molecule has 0 aliphatic carbocycles. The minimum absolute atomic E-state index is 0.116. The zero-order valence-corrected chi connectivity index (χ0v) is 8.11. The van der Waals surface area contributed by atoms with Crippen molar-refractivity contribution in [3.05, 3.63) is 32.2 Å². The SMILES string of the molecule is Cc1nc(C)c2c(n1)[nH]c(=O)c(=O)n2O. The van der Waals surface area contributed by atoms with Gasteiger partial charge in [0.1, 0.15) is 11.3 Å². The summed E-state index contributed by atoms with van der Waals surface area (Å²) in [6.45, 7) is 3.26. The van der Waals surface area contributed by atoms with Crippen LogP contribution in [0.15, 0.2) is 9.59 Å². The second kappa shape index (κ2) is 2.91. The number of aryl methyl sites for hydroxylation is 2. The van der Waals surface area contributed by atoms with E-state index in [0.29, 0.717) is 11.5 Å². The van der Waals surface area contributed by atoms with E-state index in [1.165, 1.54) is 0 Å². The summed E-state index contributed by atoms with van der Waals surface area (Å²) in [5.41, 5.74) is -1.27. The third-order valence-electron chi connectivity index (χ3n) is 2.00.